The third-order valence-electron chi connectivity index (χ3n) is 6.51. The van der Waals surface area contributed by atoms with E-state index in [2.05, 4.69) is 51.1 Å². The second kappa shape index (κ2) is 9.61. The fourth-order valence-electron chi connectivity index (χ4n) is 4.55. The molecular formula is C32H25N2O2Pt-. The molecular weight excluding hydrogens is 639 g/mol. The molecule has 2 aromatic heterocycles. The molecule has 2 heterocycles. The van der Waals surface area contributed by atoms with Crippen LogP contribution in [-0.2, 0) is 26.5 Å². The summed E-state index contributed by atoms with van der Waals surface area (Å²) in [6.07, 6.45) is 1.85. The fraction of sp³-hybridized carbons (Fsp3) is 0.125. The Kier molecular flexibility index (Phi) is 6.47. The Bertz CT molecular complexity index is 1740. The maximum atomic E-state index is 10.3. The average molecular weight is 665 g/mol. The molecule has 0 radical (unpaired) electrons. The molecule has 0 aliphatic heterocycles. The van der Waals surface area contributed by atoms with Crippen LogP contribution < -0.4 is 0 Å². The van der Waals surface area contributed by atoms with Gasteiger partial charge in [-0.15, -0.1) is 29.3 Å². The number of hydrogen-bond acceptors (Lipinski definition) is 4. The molecule has 37 heavy (non-hydrogen) atoms. The van der Waals surface area contributed by atoms with Crippen molar-refractivity contribution >= 4 is 21.9 Å². The largest absolute Gasteiger partial charge is 0.507 e. The first kappa shape index (κ1) is 24.9. The molecule has 0 spiro atoms. The van der Waals surface area contributed by atoms with Crippen LogP contribution in [0.4, 0.5) is 0 Å². The second-order valence-corrected chi connectivity index (χ2v) is 10.0. The molecule has 5 heteroatoms. The number of nitrogens with zero attached hydrogens (tertiary/aromatic N) is 2. The zero-order valence-electron chi connectivity index (χ0n) is 20.7. The van der Waals surface area contributed by atoms with E-state index in [1.165, 1.54) is 5.56 Å². The van der Waals surface area contributed by atoms with Gasteiger partial charge in [0.2, 0.25) is 5.89 Å². The molecule has 0 aliphatic rings. The normalized spacial score (nSPS) is 11.5. The monoisotopic (exact) mass is 664 g/mol. The maximum Gasteiger partial charge on any atom is 0.230 e. The number of phenols is 1. The Morgan fingerprint density at radius 2 is 1.54 bits per heavy atom. The molecule has 0 amide bonds. The molecule has 1 N–H and O–H groups in total. The summed E-state index contributed by atoms with van der Waals surface area (Å²) in [7, 11) is 0. The van der Waals surface area contributed by atoms with Gasteiger partial charge in [0.05, 0.1) is 11.1 Å². The van der Waals surface area contributed by atoms with Crippen molar-refractivity contribution in [3.8, 4) is 39.6 Å². The zero-order chi connectivity index (χ0) is 24.9. The van der Waals surface area contributed by atoms with Gasteiger partial charge in [-0.05, 0) is 40.5 Å². The number of para-hydroxylation sites is 2. The number of pyridine rings is 1. The smallest absolute Gasteiger partial charge is 0.230 e. The summed E-state index contributed by atoms with van der Waals surface area (Å²) in [6.45, 7) is 6.62. The first-order valence-electron chi connectivity index (χ1n) is 12.0. The summed E-state index contributed by atoms with van der Waals surface area (Å²) in [5.41, 5.74) is 6.75. The molecule has 6 rings (SSSR count). The Morgan fingerprint density at radius 1 is 0.811 bits per heavy atom. The molecule has 4 aromatic carbocycles. The fourth-order valence-corrected chi connectivity index (χ4v) is 4.55. The van der Waals surface area contributed by atoms with Gasteiger partial charge in [-0.2, -0.15) is 0 Å². The molecule has 186 valence electrons. The molecule has 0 saturated heterocycles. The van der Waals surface area contributed by atoms with Crippen molar-refractivity contribution in [2.24, 2.45) is 0 Å². The van der Waals surface area contributed by atoms with Gasteiger partial charge in [0.1, 0.15) is 11.3 Å². The van der Waals surface area contributed by atoms with Crippen LogP contribution in [0.2, 0.25) is 0 Å². The van der Waals surface area contributed by atoms with Crippen molar-refractivity contribution in [1.29, 1.82) is 0 Å². The van der Waals surface area contributed by atoms with Gasteiger partial charge in [-0.3, -0.25) is 4.98 Å². The van der Waals surface area contributed by atoms with Gasteiger partial charge in [0.25, 0.3) is 0 Å². The van der Waals surface area contributed by atoms with Gasteiger partial charge in [-0.1, -0.05) is 80.4 Å². The summed E-state index contributed by atoms with van der Waals surface area (Å²) >= 11 is 0. The third kappa shape index (κ3) is 4.58. The van der Waals surface area contributed by atoms with Crippen LogP contribution in [-0.4, -0.2) is 15.1 Å². The number of aromatic hydroxyl groups is 1. The van der Waals surface area contributed by atoms with Gasteiger partial charge in [-0.25, -0.2) is 4.98 Å². The summed E-state index contributed by atoms with van der Waals surface area (Å²) in [6, 6.07) is 31.3. The number of hydrogen-bond donors (Lipinski definition) is 1. The van der Waals surface area contributed by atoms with E-state index >= 15 is 0 Å². The van der Waals surface area contributed by atoms with Gasteiger partial charge >= 0.3 is 0 Å². The zero-order valence-corrected chi connectivity index (χ0v) is 23.0. The molecule has 0 saturated carbocycles. The van der Waals surface area contributed by atoms with Crippen LogP contribution in [0.25, 0.3) is 55.7 Å². The van der Waals surface area contributed by atoms with Gasteiger partial charge < -0.3 is 9.52 Å². The van der Waals surface area contributed by atoms with Crippen LogP contribution in [0.1, 0.15) is 26.3 Å². The molecule has 0 unspecified atom stereocenters. The molecule has 0 fully saturated rings. The molecule has 4 nitrogen and oxygen atoms in total. The number of aromatic nitrogens is 2. The number of benzene rings is 4. The van der Waals surface area contributed by atoms with E-state index in [9.17, 15) is 5.11 Å². The van der Waals surface area contributed by atoms with E-state index < -0.39 is 0 Å². The Labute approximate surface area is 230 Å². The third-order valence-corrected chi connectivity index (χ3v) is 6.51. The number of fused-ring (bicyclic) bond motifs is 2. The summed E-state index contributed by atoms with van der Waals surface area (Å²) < 4.78 is 6.07. The first-order valence-corrected chi connectivity index (χ1v) is 12.0. The van der Waals surface area contributed by atoms with E-state index in [1.807, 2.05) is 48.7 Å². The van der Waals surface area contributed by atoms with Crippen LogP contribution in [0.15, 0.2) is 95.5 Å². The van der Waals surface area contributed by atoms with E-state index in [4.69, 9.17) is 14.4 Å². The molecule has 6 aromatic rings. The second-order valence-electron chi connectivity index (χ2n) is 10.0. The van der Waals surface area contributed by atoms with Crippen molar-refractivity contribution < 1.29 is 30.6 Å². The first-order chi connectivity index (χ1) is 17.4. The summed E-state index contributed by atoms with van der Waals surface area (Å²) in [5, 5.41) is 12.6. The molecule has 0 aliphatic carbocycles. The number of phenolic OH excluding ortho intramolecular Hbond substituents is 1. The van der Waals surface area contributed by atoms with Crippen LogP contribution in [0.3, 0.4) is 0 Å². The minimum absolute atomic E-state index is 0. The predicted molar refractivity (Wildman–Crippen MR) is 145 cm³/mol. The quantitative estimate of drug-likeness (QED) is 0.194. The van der Waals surface area contributed by atoms with Crippen molar-refractivity contribution in [3.05, 3.63) is 103 Å². The van der Waals surface area contributed by atoms with Crippen molar-refractivity contribution in [2.45, 2.75) is 26.2 Å². The minimum Gasteiger partial charge on any atom is -0.507 e. The molecule has 0 atom stereocenters. The summed E-state index contributed by atoms with van der Waals surface area (Å²) in [4.78, 5) is 9.56. The molecule has 0 bridgehead atoms. The van der Waals surface area contributed by atoms with E-state index in [-0.39, 0.29) is 32.2 Å². The minimum atomic E-state index is -0.0815. The van der Waals surface area contributed by atoms with Gasteiger partial charge in [0.15, 0.2) is 0 Å². The standard InChI is InChI=1S/C32H25N2O2.Pt/c1-32(2,3)23-18-21(17-22(19-23)29-24-10-5-4-9-20(24)15-16-33-29)25-12-8-14-28-30(25)34-31(36-28)26-11-6-7-13-27(26)35;/h4-16,18-19,35H,1-3H3;/q-1;. The van der Waals surface area contributed by atoms with Crippen molar-refractivity contribution in [3.63, 3.8) is 0 Å². The SMILES string of the molecule is CC(C)(C)c1cc(-c2nccc3ccccc23)[c-]c(-c2cccc3oc(-c4ccccc4O)nc23)c1.[Pt]. The average Bonchev–Trinajstić information content (AvgIpc) is 3.32. The predicted octanol–water partition coefficient (Wildman–Crippen LogP) is 8.18. The van der Waals surface area contributed by atoms with Crippen molar-refractivity contribution in [2.75, 3.05) is 0 Å². The van der Waals surface area contributed by atoms with Crippen LogP contribution in [0, 0.1) is 6.07 Å². The van der Waals surface area contributed by atoms with Crippen molar-refractivity contribution in [1.82, 2.24) is 9.97 Å². The van der Waals surface area contributed by atoms with Crippen LogP contribution >= 0.6 is 0 Å². The van der Waals surface area contributed by atoms with E-state index in [0.717, 1.165) is 38.7 Å². The van der Waals surface area contributed by atoms with E-state index in [1.54, 1.807) is 18.2 Å². The Balaban J connectivity index is 0.00000280. The Hall–Kier alpha value is -3.75. The van der Waals surface area contributed by atoms with Crippen LogP contribution in [0.5, 0.6) is 5.75 Å². The number of oxazole rings is 1. The summed E-state index contributed by atoms with van der Waals surface area (Å²) in [5.74, 6) is 0.523. The topological polar surface area (TPSA) is 59.2 Å². The number of rotatable bonds is 3. The van der Waals surface area contributed by atoms with E-state index in [0.29, 0.717) is 17.0 Å². The maximum absolute atomic E-state index is 10.3. The van der Waals surface area contributed by atoms with Gasteiger partial charge in [0, 0.05) is 33.0 Å². The Morgan fingerprint density at radius 3 is 2.35 bits per heavy atom.